The molecule has 1 heterocycles. The first-order valence-electron chi connectivity index (χ1n) is 8.40. The van der Waals surface area contributed by atoms with Crippen LogP contribution >= 0.6 is 34.4 Å². The number of hydrogen-bond donors (Lipinski definition) is 1. The fourth-order valence-corrected chi connectivity index (χ4v) is 3.97. The van der Waals surface area contributed by atoms with Crippen LogP contribution in [0.1, 0.15) is 25.0 Å². The average Bonchev–Trinajstić information content (AvgIpc) is 2.97. The van der Waals surface area contributed by atoms with E-state index in [0.717, 1.165) is 27.0 Å². The van der Waals surface area contributed by atoms with Gasteiger partial charge in [0.1, 0.15) is 5.75 Å². The van der Waals surface area contributed by atoms with Crippen LogP contribution in [0.25, 0.3) is 6.08 Å². The van der Waals surface area contributed by atoms with Crippen molar-refractivity contribution in [3.8, 4) is 5.75 Å². The number of halogens is 1. The summed E-state index contributed by atoms with van der Waals surface area (Å²) < 4.78 is 6.57. The van der Waals surface area contributed by atoms with Crippen molar-refractivity contribution in [2.45, 2.75) is 20.3 Å². The molecule has 0 bridgehead atoms. The molecule has 1 aliphatic rings. The van der Waals surface area contributed by atoms with Crippen molar-refractivity contribution in [2.24, 2.45) is 4.99 Å². The summed E-state index contributed by atoms with van der Waals surface area (Å²) in [7, 11) is 0. The van der Waals surface area contributed by atoms with Crippen molar-refractivity contribution >= 4 is 57.2 Å². The molecule has 1 fully saturated rings. The van der Waals surface area contributed by atoms with Gasteiger partial charge in [-0.25, -0.2) is 4.99 Å². The summed E-state index contributed by atoms with van der Waals surface area (Å²) in [6.45, 7) is 4.71. The summed E-state index contributed by atoms with van der Waals surface area (Å²) in [6, 6.07) is 13.9. The standard InChI is InChI=1S/C20H19IN2O2S/c1-3-13-5-8-15(9-6-13)22-20-23-19(24)18(26-20)12-14-7-10-17(25-4-2)16(21)11-14/h5-12H,3-4H2,1-2H3,(H,22,23,24)/b18-12+. The zero-order valence-corrected chi connectivity index (χ0v) is 17.6. The van der Waals surface area contributed by atoms with Crippen LogP contribution in [0.4, 0.5) is 5.69 Å². The Kier molecular flexibility index (Phi) is 6.37. The lowest BCUT2D eigenvalue weighted by atomic mass is 10.2. The Morgan fingerprint density at radius 2 is 1.96 bits per heavy atom. The highest BCUT2D eigenvalue weighted by Crippen LogP contribution is 2.30. The Bertz CT molecular complexity index is 876. The van der Waals surface area contributed by atoms with Gasteiger partial charge in [-0.05, 0) is 89.2 Å². The number of aryl methyl sites for hydroxylation is 1. The minimum atomic E-state index is -0.122. The highest BCUT2D eigenvalue weighted by molar-refractivity contribution is 14.1. The molecule has 0 atom stereocenters. The molecular formula is C20H19IN2O2S. The molecule has 3 rings (SSSR count). The summed E-state index contributed by atoms with van der Waals surface area (Å²) in [5.41, 5.74) is 3.06. The fraction of sp³-hybridized carbons (Fsp3) is 0.200. The molecule has 1 amide bonds. The van der Waals surface area contributed by atoms with E-state index < -0.39 is 0 Å². The van der Waals surface area contributed by atoms with Gasteiger partial charge in [-0.1, -0.05) is 25.1 Å². The van der Waals surface area contributed by atoms with Gasteiger partial charge in [0, 0.05) is 0 Å². The Labute approximate surface area is 171 Å². The predicted octanol–water partition coefficient (Wildman–Crippen LogP) is 5.14. The normalized spacial score (nSPS) is 17.0. The van der Waals surface area contributed by atoms with E-state index >= 15 is 0 Å². The minimum absolute atomic E-state index is 0.122. The van der Waals surface area contributed by atoms with Gasteiger partial charge < -0.3 is 10.1 Å². The smallest absolute Gasteiger partial charge is 0.264 e. The van der Waals surface area contributed by atoms with Crippen LogP contribution < -0.4 is 10.1 Å². The van der Waals surface area contributed by atoms with Crippen LogP contribution in [-0.4, -0.2) is 17.7 Å². The van der Waals surface area contributed by atoms with Gasteiger partial charge in [-0.3, -0.25) is 4.79 Å². The van der Waals surface area contributed by atoms with Crippen molar-refractivity contribution < 1.29 is 9.53 Å². The van der Waals surface area contributed by atoms with Gasteiger partial charge in [0.25, 0.3) is 5.91 Å². The summed E-state index contributed by atoms with van der Waals surface area (Å²) in [5.74, 6) is 0.736. The molecular weight excluding hydrogens is 459 g/mol. The topological polar surface area (TPSA) is 50.7 Å². The molecule has 134 valence electrons. The number of amides is 1. The van der Waals surface area contributed by atoms with Gasteiger partial charge in [0.15, 0.2) is 5.17 Å². The van der Waals surface area contributed by atoms with Crippen LogP contribution in [0.5, 0.6) is 5.75 Å². The number of carbonyl (C=O) groups is 1. The molecule has 2 aromatic carbocycles. The largest absolute Gasteiger partial charge is 0.493 e. The third-order valence-corrected chi connectivity index (χ3v) is 5.53. The van der Waals surface area contributed by atoms with Crippen LogP contribution in [0.3, 0.4) is 0 Å². The molecule has 0 spiro atoms. The number of nitrogens with zero attached hydrogens (tertiary/aromatic N) is 1. The van der Waals surface area contributed by atoms with E-state index in [1.807, 2.05) is 43.3 Å². The molecule has 0 aromatic heterocycles. The van der Waals surface area contributed by atoms with Gasteiger partial charge in [-0.2, -0.15) is 0 Å². The van der Waals surface area contributed by atoms with Gasteiger partial charge in [-0.15, -0.1) is 0 Å². The fourth-order valence-electron chi connectivity index (χ4n) is 2.43. The molecule has 6 heteroatoms. The minimum Gasteiger partial charge on any atom is -0.493 e. The van der Waals surface area contributed by atoms with Crippen molar-refractivity contribution in [3.63, 3.8) is 0 Å². The first-order chi connectivity index (χ1) is 12.6. The molecule has 4 nitrogen and oxygen atoms in total. The molecule has 1 saturated heterocycles. The summed E-state index contributed by atoms with van der Waals surface area (Å²) in [5, 5.41) is 3.43. The average molecular weight is 478 g/mol. The summed E-state index contributed by atoms with van der Waals surface area (Å²) >= 11 is 3.60. The van der Waals surface area contributed by atoms with Crippen molar-refractivity contribution in [3.05, 3.63) is 62.1 Å². The zero-order valence-electron chi connectivity index (χ0n) is 14.6. The van der Waals surface area contributed by atoms with Crippen LogP contribution in [0.15, 0.2) is 52.4 Å². The number of hydrogen-bond acceptors (Lipinski definition) is 4. The number of benzene rings is 2. The Morgan fingerprint density at radius 1 is 1.19 bits per heavy atom. The predicted molar refractivity (Wildman–Crippen MR) is 117 cm³/mol. The summed E-state index contributed by atoms with van der Waals surface area (Å²) in [4.78, 5) is 17.4. The molecule has 1 N–H and O–H groups in total. The molecule has 26 heavy (non-hydrogen) atoms. The van der Waals surface area contributed by atoms with E-state index in [0.29, 0.717) is 16.7 Å². The van der Waals surface area contributed by atoms with E-state index in [-0.39, 0.29) is 5.91 Å². The van der Waals surface area contributed by atoms with Crippen molar-refractivity contribution in [1.82, 2.24) is 5.32 Å². The Balaban J connectivity index is 1.77. The van der Waals surface area contributed by atoms with Crippen LogP contribution in [0, 0.1) is 3.57 Å². The Hall–Kier alpha value is -1.80. The highest BCUT2D eigenvalue weighted by Gasteiger charge is 2.23. The van der Waals surface area contributed by atoms with Crippen LogP contribution in [-0.2, 0) is 11.2 Å². The SMILES string of the molecule is CCOc1ccc(/C=C2/SC(=Nc3ccc(CC)cc3)NC2=O)cc1I. The molecule has 0 aliphatic carbocycles. The monoisotopic (exact) mass is 478 g/mol. The van der Waals surface area contributed by atoms with Crippen LogP contribution in [0.2, 0.25) is 0 Å². The zero-order chi connectivity index (χ0) is 18.5. The van der Waals surface area contributed by atoms with E-state index in [2.05, 4.69) is 52.0 Å². The number of thioether (sulfide) groups is 1. The molecule has 0 unspecified atom stereocenters. The van der Waals surface area contributed by atoms with E-state index in [1.165, 1.54) is 17.3 Å². The third-order valence-electron chi connectivity index (χ3n) is 3.78. The van der Waals surface area contributed by atoms with Gasteiger partial charge >= 0.3 is 0 Å². The lowest BCUT2D eigenvalue weighted by Gasteiger charge is -2.06. The number of aliphatic imine (C=N–C) groups is 1. The van der Waals surface area contributed by atoms with Crippen molar-refractivity contribution in [1.29, 1.82) is 0 Å². The number of ether oxygens (including phenoxy) is 1. The second-order valence-corrected chi connectivity index (χ2v) is 7.82. The molecule has 1 aliphatic heterocycles. The van der Waals surface area contributed by atoms with E-state index in [9.17, 15) is 4.79 Å². The van der Waals surface area contributed by atoms with Gasteiger partial charge in [0.05, 0.1) is 20.8 Å². The first-order valence-corrected chi connectivity index (χ1v) is 10.3. The molecule has 2 aromatic rings. The number of amidine groups is 1. The quantitative estimate of drug-likeness (QED) is 0.478. The van der Waals surface area contributed by atoms with E-state index in [4.69, 9.17) is 4.74 Å². The maximum absolute atomic E-state index is 12.2. The Morgan fingerprint density at radius 3 is 2.62 bits per heavy atom. The number of carbonyl (C=O) groups excluding carboxylic acids is 1. The maximum Gasteiger partial charge on any atom is 0.264 e. The van der Waals surface area contributed by atoms with Gasteiger partial charge in [0.2, 0.25) is 0 Å². The number of rotatable bonds is 5. The molecule has 0 saturated carbocycles. The highest BCUT2D eigenvalue weighted by atomic mass is 127. The summed E-state index contributed by atoms with van der Waals surface area (Å²) in [6.07, 6.45) is 2.87. The molecule has 0 radical (unpaired) electrons. The third kappa shape index (κ3) is 4.67. The van der Waals surface area contributed by atoms with Crippen molar-refractivity contribution in [2.75, 3.05) is 6.61 Å². The maximum atomic E-state index is 12.2. The van der Waals surface area contributed by atoms with E-state index in [1.54, 1.807) is 0 Å². The number of nitrogens with one attached hydrogen (secondary N) is 1. The first kappa shape index (κ1) is 19.0. The second kappa shape index (κ2) is 8.73. The second-order valence-electron chi connectivity index (χ2n) is 5.62. The lowest BCUT2D eigenvalue weighted by molar-refractivity contribution is -0.115. The lowest BCUT2D eigenvalue weighted by Crippen LogP contribution is -2.19.